The lowest BCUT2D eigenvalue weighted by Crippen LogP contribution is -2.37. The van der Waals surface area contributed by atoms with E-state index in [1.807, 2.05) is 0 Å². The first-order chi connectivity index (χ1) is 12.2. The van der Waals surface area contributed by atoms with Crippen LogP contribution in [-0.2, 0) is 20.9 Å². The lowest BCUT2D eigenvalue weighted by Gasteiger charge is -2.27. The number of hydroxylamine groups is 1. The monoisotopic (exact) mass is 349 g/mol. The Bertz CT molecular complexity index is 757. The zero-order valence-corrected chi connectivity index (χ0v) is 13.5. The number of ether oxygens (including phenoxy) is 1. The van der Waals surface area contributed by atoms with Gasteiger partial charge in [-0.15, -0.1) is 0 Å². The average molecular weight is 349 g/mol. The normalized spacial score (nSPS) is 14.5. The van der Waals surface area contributed by atoms with Crippen molar-refractivity contribution in [2.75, 3.05) is 37.7 Å². The van der Waals surface area contributed by atoms with E-state index in [4.69, 9.17) is 9.94 Å². The number of imidazole rings is 1. The van der Waals surface area contributed by atoms with Crippen LogP contribution in [0.3, 0.4) is 0 Å². The van der Waals surface area contributed by atoms with Crippen molar-refractivity contribution in [1.29, 1.82) is 0 Å². The number of hydrogen-bond donors (Lipinski definition) is 3. The first kappa shape index (κ1) is 17.0. The number of carbonyl (C=O) groups excluding carboxylic acids is 2. The number of carbonyl (C=O) groups is 2. The van der Waals surface area contributed by atoms with E-state index in [2.05, 4.69) is 25.2 Å². The number of hydrogen-bond acceptors (Lipinski definition) is 8. The second-order valence-corrected chi connectivity index (χ2v) is 5.48. The fraction of sp³-hybridized carbons (Fsp3) is 0.500. The van der Waals surface area contributed by atoms with Gasteiger partial charge in [0.2, 0.25) is 11.8 Å². The van der Waals surface area contributed by atoms with E-state index in [-0.39, 0.29) is 25.4 Å². The topological polar surface area (TPSA) is 134 Å². The molecule has 11 heteroatoms. The van der Waals surface area contributed by atoms with Crippen LogP contribution in [0.5, 0.6) is 0 Å². The maximum atomic E-state index is 12.0. The first-order valence-corrected chi connectivity index (χ1v) is 7.87. The van der Waals surface area contributed by atoms with E-state index >= 15 is 0 Å². The van der Waals surface area contributed by atoms with Crippen molar-refractivity contribution < 1.29 is 19.5 Å². The van der Waals surface area contributed by atoms with Crippen LogP contribution in [0.15, 0.2) is 12.7 Å². The molecular formula is C14H19N7O4. The van der Waals surface area contributed by atoms with Crippen LogP contribution in [0, 0.1) is 0 Å². The highest BCUT2D eigenvalue weighted by Gasteiger charge is 2.19. The summed E-state index contributed by atoms with van der Waals surface area (Å²) in [5, 5.41) is 11.0. The van der Waals surface area contributed by atoms with Gasteiger partial charge in [0, 0.05) is 26.1 Å². The predicted molar refractivity (Wildman–Crippen MR) is 85.9 cm³/mol. The summed E-state index contributed by atoms with van der Waals surface area (Å²) in [5.74, 6) is -0.111. The Morgan fingerprint density at radius 2 is 2.00 bits per heavy atom. The molecule has 1 aliphatic heterocycles. The molecule has 134 valence electrons. The van der Waals surface area contributed by atoms with Gasteiger partial charge in [-0.25, -0.2) is 20.4 Å². The molecule has 1 aliphatic rings. The van der Waals surface area contributed by atoms with Crippen molar-refractivity contribution in [3.05, 3.63) is 12.7 Å². The number of nitrogens with one attached hydrogen (secondary N) is 2. The van der Waals surface area contributed by atoms with Gasteiger partial charge in [-0.05, 0) is 0 Å². The number of anilines is 1. The Labute approximate surface area is 143 Å². The minimum atomic E-state index is -0.559. The molecule has 2 aromatic heterocycles. The van der Waals surface area contributed by atoms with Crippen LogP contribution in [0.25, 0.3) is 11.2 Å². The number of amides is 2. The Morgan fingerprint density at radius 3 is 2.76 bits per heavy atom. The molecule has 2 aromatic rings. The maximum absolute atomic E-state index is 12.0. The Kier molecular flexibility index (Phi) is 5.36. The second kappa shape index (κ2) is 7.85. The standard InChI is InChI=1S/C14H19N7O4/c22-10(19-24)1-2-15-11(23)7-21-9-18-12-13(16-8-17-14(12)21)20-3-5-25-6-4-20/h8-9,24H,1-7H2,(H,15,23)(H,19,22). The van der Waals surface area contributed by atoms with E-state index < -0.39 is 5.91 Å². The van der Waals surface area contributed by atoms with E-state index in [0.29, 0.717) is 24.4 Å². The summed E-state index contributed by atoms with van der Waals surface area (Å²) in [6, 6.07) is 0. The molecule has 11 nitrogen and oxygen atoms in total. The molecule has 0 bridgehead atoms. The molecule has 3 rings (SSSR count). The Morgan fingerprint density at radius 1 is 1.20 bits per heavy atom. The summed E-state index contributed by atoms with van der Waals surface area (Å²) in [4.78, 5) is 37.9. The lowest BCUT2D eigenvalue weighted by atomic mass is 10.3. The fourth-order valence-electron chi connectivity index (χ4n) is 2.57. The summed E-state index contributed by atoms with van der Waals surface area (Å²) in [7, 11) is 0. The molecule has 3 N–H and O–H groups in total. The summed E-state index contributed by atoms with van der Waals surface area (Å²) in [5.41, 5.74) is 2.72. The third kappa shape index (κ3) is 4.00. The van der Waals surface area contributed by atoms with E-state index in [1.54, 1.807) is 10.9 Å². The molecule has 25 heavy (non-hydrogen) atoms. The molecule has 0 unspecified atom stereocenters. The maximum Gasteiger partial charge on any atom is 0.245 e. The van der Waals surface area contributed by atoms with Gasteiger partial charge in [-0.3, -0.25) is 14.8 Å². The van der Waals surface area contributed by atoms with Crippen LogP contribution in [0.4, 0.5) is 5.82 Å². The molecular weight excluding hydrogens is 330 g/mol. The number of nitrogens with zero attached hydrogens (tertiary/aromatic N) is 5. The number of fused-ring (bicyclic) bond motifs is 1. The van der Waals surface area contributed by atoms with Crippen LogP contribution in [0.1, 0.15) is 6.42 Å². The summed E-state index contributed by atoms with van der Waals surface area (Å²) < 4.78 is 6.97. The quantitative estimate of drug-likeness (QED) is 0.431. The van der Waals surface area contributed by atoms with Gasteiger partial charge >= 0.3 is 0 Å². The minimum absolute atomic E-state index is 0.00370. The Hall–Kier alpha value is -2.79. The predicted octanol–water partition coefficient (Wildman–Crippen LogP) is -1.33. The van der Waals surface area contributed by atoms with Gasteiger partial charge in [-0.1, -0.05) is 0 Å². The second-order valence-electron chi connectivity index (χ2n) is 5.48. The van der Waals surface area contributed by atoms with Crippen LogP contribution in [-0.4, -0.2) is 69.4 Å². The van der Waals surface area contributed by atoms with E-state index in [0.717, 1.165) is 18.9 Å². The first-order valence-electron chi connectivity index (χ1n) is 7.87. The van der Waals surface area contributed by atoms with Gasteiger partial charge in [0.1, 0.15) is 12.9 Å². The lowest BCUT2D eigenvalue weighted by molar-refractivity contribution is -0.129. The molecule has 3 heterocycles. The molecule has 0 radical (unpaired) electrons. The van der Waals surface area contributed by atoms with Crippen LogP contribution < -0.4 is 15.7 Å². The van der Waals surface area contributed by atoms with Crippen molar-refractivity contribution in [2.24, 2.45) is 0 Å². The van der Waals surface area contributed by atoms with Crippen molar-refractivity contribution in [3.8, 4) is 0 Å². The van der Waals surface area contributed by atoms with Gasteiger partial charge < -0.3 is 19.5 Å². The summed E-state index contributed by atoms with van der Waals surface area (Å²) in [6.45, 7) is 2.88. The van der Waals surface area contributed by atoms with E-state index in [1.165, 1.54) is 11.8 Å². The summed E-state index contributed by atoms with van der Waals surface area (Å²) >= 11 is 0. The van der Waals surface area contributed by atoms with Crippen molar-refractivity contribution in [3.63, 3.8) is 0 Å². The summed E-state index contributed by atoms with van der Waals surface area (Å²) in [6.07, 6.45) is 2.99. The highest BCUT2D eigenvalue weighted by Crippen LogP contribution is 2.22. The Balaban J connectivity index is 1.68. The van der Waals surface area contributed by atoms with Crippen LogP contribution >= 0.6 is 0 Å². The molecule has 2 amide bonds. The zero-order chi connectivity index (χ0) is 17.6. The van der Waals surface area contributed by atoms with Gasteiger partial charge in [-0.2, -0.15) is 0 Å². The van der Waals surface area contributed by atoms with E-state index in [9.17, 15) is 9.59 Å². The highest BCUT2D eigenvalue weighted by molar-refractivity contribution is 5.85. The largest absolute Gasteiger partial charge is 0.378 e. The number of morpholine rings is 1. The fourth-order valence-corrected chi connectivity index (χ4v) is 2.57. The van der Waals surface area contributed by atoms with Gasteiger partial charge in [0.05, 0.1) is 19.5 Å². The minimum Gasteiger partial charge on any atom is -0.378 e. The van der Waals surface area contributed by atoms with Crippen molar-refractivity contribution in [1.82, 2.24) is 30.3 Å². The third-order valence-electron chi connectivity index (χ3n) is 3.81. The number of aromatic nitrogens is 4. The molecule has 0 saturated carbocycles. The van der Waals surface area contributed by atoms with Crippen molar-refractivity contribution >= 4 is 28.8 Å². The average Bonchev–Trinajstić information content (AvgIpc) is 3.05. The highest BCUT2D eigenvalue weighted by atomic mass is 16.5. The number of rotatable bonds is 6. The zero-order valence-electron chi connectivity index (χ0n) is 13.5. The molecule has 1 fully saturated rings. The molecule has 0 aromatic carbocycles. The molecule has 0 aliphatic carbocycles. The molecule has 0 spiro atoms. The van der Waals surface area contributed by atoms with Gasteiger partial charge in [0.15, 0.2) is 17.0 Å². The van der Waals surface area contributed by atoms with Gasteiger partial charge in [0.25, 0.3) is 0 Å². The van der Waals surface area contributed by atoms with Crippen LogP contribution in [0.2, 0.25) is 0 Å². The smallest absolute Gasteiger partial charge is 0.245 e. The van der Waals surface area contributed by atoms with Crippen molar-refractivity contribution in [2.45, 2.75) is 13.0 Å². The molecule has 1 saturated heterocycles. The SMILES string of the molecule is O=C(CCNC(=O)Cn1cnc2c(N3CCOCC3)ncnc21)NO. The third-order valence-corrected chi connectivity index (χ3v) is 3.81. The molecule has 0 atom stereocenters.